The Balaban J connectivity index is 4.70. The summed E-state index contributed by atoms with van der Waals surface area (Å²) in [5.74, 6) is -1.68. The molecule has 0 aromatic rings. The number of aliphatic hydroxyl groups excluding tert-OH is 2. The highest BCUT2D eigenvalue weighted by Crippen LogP contribution is 2.45. The number of allylic oxidation sites excluding steroid dienone is 24. The van der Waals surface area contributed by atoms with E-state index in [4.69, 9.17) is 32.3 Å². The van der Waals surface area contributed by atoms with Gasteiger partial charge in [0, 0.05) is 19.3 Å². The van der Waals surface area contributed by atoms with E-state index < -0.39 is 91.5 Å². The van der Waals surface area contributed by atoms with Crippen LogP contribution in [0.15, 0.2) is 146 Å². The molecule has 0 saturated carbocycles. The number of aliphatic hydroxyl groups is 2. The molecule has 0 heterocycles. The van der Waals surface area contributed by atoms with Crippen molar-refractivity contribution in [3.63, 3.8) is 0 Å². The number of hydrogen-bond acceptors (Lipinski definition) is 14. The molecule has 0 aliphatic heterocycles. The van der Waals surface area contributed by atoms with Crippen molar-refractivity contribution in [3.8, 4) is 0 Å². The summed E-state index contributed by atoms with van der Waals surface area (Å²) in [4.78, 5) is 58.3. The van der Waals surface area contributed by atoms with Gasteiger partial charge in [-0.2, -0.15) is 0 Å². The van der Waals surface area contributed by atoms with Gasteiger partial charge in [-0.25, -0.2) is 9.13 Å². The molecule has 4 N–H and O–H groups in total. The monoisotopic (exact) mass is 1310 g/mol. The predicted octanol–water partition coefficient (Wildman–Crippen LogP) is 19.0. The van der Waals surface area contributed by atoms with Crippen molar-refractivity contribution < 1.29 is 75.8 Å². The number of phosphoric ester groups is 2. The molecule has 0 aromatic carbocycles. The molecule has 5 unspecified atom stereocenters. The molecule has 5 atom stereocenters. The van der Waals surface area contributed by atoms with Crippen molar-refractivity contribution in [2.24, 2.45) is 0 Å². The van der Waals surface area contributed by atoms with Crippen LogP contribution < -0.4 is 0 Å². The summed E-state index contributed by atoms with van der Waals surface area (Å²) in [6.45, 7) is 2.28. The molecule has 18 heteroatoms. The second-order valence-corrected chi connectivity index (χ2v) is 25.1. The fourth-order valence-electron chi connectivity index (χ4n) is 8.37. The number of esters is 3. The van der Waals surface area contributed by atoms with Crippen LogP contribution in [0.1, 0.15) is 239 Å². The van der Waals surface area contributed by atoms with Gasteiger partial charge in [0.25, 0.3) is 0 Å². The summed E-state index contributed by atoms with van der Waals surface area (Å²) in [7, 11) is -9.81. The highest BCUT2D eigenvalue weighted by Gasteiger charge is 2.29. The Morgan fingerprint density at radius 1 is 0.319 bits per heavy atom. The van der Waals surface area contributed by atoms with Crippen molar-refractivity contribution in [3.05, 3.63) is 146 Å². The third kappa shape index (κ3) is 66.7. The topological polar surface area (TPSA) is 231 Å². The van der Waals surface area contributed by atoms with E-state index in [-0.39, 0.29) is 19.3 Å². The van der Waals surface area contributed by atoms with Gasteiger partial charge in [-0.05, 0) is 135 Å². The highest BCUT2D eigenvalue weighted by molar-refractivity contribution is 7.47. The van der Waals surface area contributed by atoms with Gasteiger partial charge in [0.2, 0.25) is 0 Å². The van der Waals surface area contributed by atoms with Crippen molar-refractivity contribution in [1.82, 2.24) is 0 Å². The van der Waals surface area contributed by atoms with E-state index in [2.05, 4.69) is 154 Å². The van der Waals surface area contributed by atoms with E-state index in [1.54, 1.807) is 0 Å². The van der Waals surface area contributed by atoms with Gasteiger partial charge in [0.05, 0.1) is 26.4 Å². The zero-order chi connectivity index (χ0) is 66.7. The Bertz CT molecular complexity index is 2240. The Morgan fingerprint density at radius 3 is 0.967 bits per heavy atom. The molecule has 0 rings (SSSR count). The summed E-state index contributed by atoms with van der Waals surface area (Å²) >= 11 is 0. The molecule has 518 valence electrons. The van der Waals surface area contributed by atoms with Gasteiger partial charge >= 0.3 is 33.6 Å². The van der Waals surface area contributed by atoms with Crippen molar-refractivity contribution in [2.45, 2.75) is 257 Å². The first-order chi connectivity index (χ1) is 44.2. The summed E-state index contributed by atoms with van der Waals surface area (Å²) in [6, 6.07) is 0. The second-order valence-electron chi connectivity index (χ2n) is 22.2. The lowest BCUT2D eigenvalue weighted by Crippen LogP contribution is -2.30. The van der Waals surface area contributed by atoms with E-state index >= 15 is 0 Å². The summed E-state index contributed by atoms with van der Waals surface area (Å²) < 4.78 is 60.8. The Hall–Kier alpha value is -4.57. The molecule has 0 spiro atoms. The Labute approximate surface area is 549 Å². The third-order valence-electron chi connectivity index (χ3n) is 13.5. The minimum Gasteiger partial charge on any atom is -0.463 e. The van der Waals surface area contributed by atoms with Crippen LogP contribution in [0, 0.1) is 0 Å². The number of unbranched alkanes of at least 4 members (excludes halogenated alkanes) is 16. The maximum absolute atomic E-state index is 12.9. The molecule has 0 amide bonds. The Kier molecular flexibility index (Phi) is 62.2. The molecule has 0 saturated heterocycles. The van der Waals surface area contributed by atoms with Gasteiger partial charge < -0.3 is 34.2 Å². The molecular weight excluding hydrogens is 1190 g/mol. The summed E-state index contributed by atoms with van der Waals surface area (Å²) in [5, 5.41) is 20.5. The van der Waals surface area contributed by atoms with Crippen molar-refractivity contribution >= 4 is 33.6 Å². The van der Waals surface area contributed by atoms with Crippen LogP contribution in [-0.2, 0) is 55.8 Å². The van der Waals surface area contributed by atoms with E-state index in [0.717, 1.165) is 148 Å². The number of phosphoric acid groups is 2. The molecule has 0 fully saturated rings. The fraction of sp³-hybridized carbons (Fsp3) is 0.630. The van der Waals surface area contributed by atoms with E-state index in [9.17, 15) is 43.5 Å². The minimum absolute atomic E-state index is 0.0673. The molecular formula is C73H120O16P2. The lowest BCUT2D eigenvalue weighted by molar-refractivity contribution is -0.161. The van der Waals surface area contributed by atoms with Crippen LogP contribution in [-0.4, -0.2) is 95.9 Å². The van der Waals surface area contributed by atoms with Gasteiger partial charge in [0.15, 0.2) is 6.10 Å². The minimum atomic E-state index is -4.95. The van der Waals surface area contributed by atoms with Crippen molar-refractivity contribution in [2.75, 3.05) is 39.6 Å². The first kappa shape index (κ1) is 86.4. The smallest absolute Gasteiger partial charge is 0.463 e. The first-order valence-electron chi connectivity index (χ1n) is 34.1. The van der Waals surface area contributed by atoms with Crippen LogP contribution >= 0.6 is 15.6 Å². The standard InChI is InChI=1S/C73H120O16P2/c1-4-7-10-13-16-19-22-25-28-30-31-32-33-34-35-37-40-41-44-47-50-53-56-59-71(76)83-62-68(74)63-85-90(79,80)86-64-69(75)65-87-91(81,82)88-67-70(89-73(78)61-58-55-52-49-46-43-38-27-24-21-18-15-12-9-6-3)66-84-72(77)60-57-54-51-48-45-42-39-36-29-26-23-20-17-14-11-8-5-2/h8-9,11-12,16-21,25-29,31-32,34-35,38-39,42,48,51,68-70,74-75H,4-7,10,13-15,22-24,30,33,36-37,40-41,43-47,49-50,52-67H2,1-3H3,(H,79,80)(H,81,82)/b11-8-,12-9-,19-16-,20-17-,21-18-,28-25-,29-26-,32-31-,35-34-,38-27-,42-39-,51-48-. The molecule has 0 bridgehead atoms. The van der Waals surface area contributed by atoms with Crippen LogP contribution in [0.5, 0.6) is 0 Å². The fourth-order valence-corrected chi connectivity index (χ4v) is 9.95. The zero-order valence-corrected chi connectivity index (χ0v) is 57.7. The average molecular weight is 1320 g/mol. The third-order valence-corrected chi connectivity index (χ3v) is 15.4. The largest absolute Gasteiger partial charge is 0.472 e. The maximum atomic E-state index is 12.9. The SMILES string of the molecule is CC/C=C\C/C=C\C/C=C\C/C=C\C/C=C\CCCC(=O)OCC(COP(=O)(O)OCC(O)COP(=O)(O)OCC(O)COC(=O)CCCCCCCCC/C=C\C/C=C\C/C=C\C/C=C\CCCCC)OC(=O)CCCCCCC/C=C\C/C=C\C/C=C\CC. The number of ether oxygens (including phenoxy) is 3. The van der Waals surface area contributed by atoms with E-state index in [1.165, 1.54) is 25.7 Å². The van der Waals surface area contributed by atoms with Crippen LogP contribution in [0.3, 0.4) is 0 Å². The lowest BCUT2D eigenvalue weighted by Gasteiger charge is -2.21. The van der Waals surface area contributed by atoms with E-state index in [0.29, 0.717) is 25.7 Å². The average Bonchev–Trinajstić information content (AvgIpc) is 3.27. The van der Waals surface area contributed by atoms with E-state index in [1.807, 2.05) is 12.2 Å². The number of hydrogen-bond donors (Lipinski definition) is 4. The first-order valence-corrected chi connectivity index (χ1v) is 37.1. The lowest BCUT2D eigenvalue weighted by atomic mass is 10.1. The quantitative estimate of drug-likeness (QED) is 0.0146. The van der Waals surface area contributed by atoms with Crippen molar-refractivity contribution in [1.29, 1.82) is 0 Å². The molecule has 0 aromatic heterocycles. The van der Waals surface area contributed by atoms with Gasteiger partial charge in [-0.3, -0.25) is 32.5 Å². The van der Waals surface area contributed by atoms with Crippen LogP contribution in [0.2, 0.25) is 0 Å². The maximum Gasteiger partial charge on any atom is 0.472 e. The van der Waals surface area contributed by atoms with Gasteiger partial charge in [-0.15, -0.1) is 0 Å². The van der Waals surface area contributed by atoms with Crippen LogP contribution in [0.25, 0.3) is 0 Å². The Morgan fingerprint density at radius 2 is 0.593 bits per heavy atom. The highest BCUT2D eigenvalue weighted by atomic mass is 31.2. The molecule has 91 heavy (non-hydrogen) atoms. The number of carbonyl (C=O) groups is 3. The van der Waals surface area contributed by atoms with Crippen LogP contribution in [0.4, 0.5) is 0 Å². The summed E-state index contributed by atoms with van der Waals surface area (Å²) in [5.41, 5.74) is 0. The molecule has 0 radical (unpaired) electrons. The number of rotatable bonds is 63. The van der Waals surface area contributed by atoms with Gasteiger partial charge in [0.1, 0.15) is 25.4 Å². The van der Waals surface area contributed by atoms with Gasteiger partial charge in [-0.1, -0.05) is 231 Å². The molecule has 16 nitrogen and oxygen atoms in total. The normalized spacial score (nSPS) is 15.1. The number of carbonyl (C=O) groups excluding carboxylic acids is 3. The second kappa shape index (κ2) is 65.5. The zero-order valence-electron chi connectivity index (χ0n) is 56.0. The summed E-state index contributed by atoms with van der Waals surface area (Å²) in [6.07, 6.45) is 77.7. The molecule has 0 aliphatic carbocycles. The predicted molar refractivity (Wildman–Crippen MR) is 371 cm³/mol. The molecule has 0 aliphatic rings.